The zero-order valence-electron chi connectivity index (χ0n) is 10.7. The molecule has 0 aromatic heterocycles. The molecule has 0 bridgehead atoms. The molecule has 1 N–H and O–H groups in total. The molecule has 0 aliphatic carbocycles. The lowest BCUT2D eigenvalue weighted by Crippen LogP contribution is -2.07. The van der Waals surface area contributed by atoms with Crippen molar-refractivity contribution in [3.63, 3.8) is 0 Å². The third kappa shape index (κ3) is 3.62. The second-order valence-corrected chi connectivity index (χ2v) is 5.39. The number of halogens is 3. The van der Waals surface area contributed by atoms with E-state index in [1.807, 2.05) is 26.0 Å². The number of hydrogen-bond acceptors (Lipinski definition) is 1. The number of hydrogen-bond donors (Lipinski definition) is 1. The SMILES string of the molecule is Cc1cc(F)cc(NC(C)c2ccc(Cl)cc2Cl)c1. The van der Waals surface area contributed by atoms with Crippen LogP contribution in [0.4, 0.5) is 10.1 Å². The Morgan fingerprint density at radius 3 is 2.47 bits per heavy atom. The normalized spacial score (nSPS) is 12.3. The summed E-state index contributed by atoms with van der Waals surface area (Å²) in [5.74, 6) is -0.253. The Balaban J connectivity index is 2.22. The minimum absolute atomic E-state index is 0.0361. The summed E-state index contributed by atoms with van der Waals surface area (Å²) in [6, 6.07) is 10.2. The van der Waals surface area contributed by atoms with Crippen LogP contribution in [0.1, 0.15) is 24.1 Å². The molecular weight excluding hydrogens is 284 g/mol. The Kier molecular flexibility index (Phi) is 4.33. The molecule has 0 aliphatic heterocycles. The molecule has 2 aromatic rings. The average molecular weight is 298 g/mol. The summed E-state index contributed by atoms with van der Waals surface area (Å²) in [6.07, 6.45) is 0. The number of aryl methyl sites for hydroxylation is 1. The maximum absolute atomic E-state index is 13.3. The fourth-order valence-corrected chi connectivity index (χ4v) is 2.57. The fraction of sp³-hybridized carbons (Fsp3) is 0.200. The Hall–Kier alpha value is -1.25. The van der Waals surface area contributed by atoms with Gasteiger partial charge in [0, 0.05) is 21.8 Å². The highest BCUT2D eigenvalue weighted by molar-refractivity contribution is 6.35. The van der Waals surface area contributed by atoms with E-state index >= 15 is 0 Å². The molecule has 2 aromatic carbocycles. The van der Waals surface area contributed by atoms with Crippen molar-refractivity contribution in [3.8, 4) is 0 Å². The summed E-state index contributed by atoms with van der Waals surface area (Å²) < 4.78 is 13.3. The van der Waals surface area contributed by atoms with Crippen LogP contribution >= 0.6 is 23.2 Å². The van der Waals surface area contributed by atoms with E-state index in [0.717, 1.165) is 16.8 Å². The first-order chi connectivity index (χ1) is 8.95. The Labute approximate surface area is 122 Å². The second kappa shape index (κ2) is 5.81. The van der Waals surface area contributed by atoms with Crippen molar-refractivity contribution in [1.82, 2.24) is 0 Å². The van der Waals surface area contributed by atoms with Gasteiger partial charge in [0.25, 0.3) is 0 Å². The average Bonchev–Trinajstić information content (AvgIpc) is 2.26. The van der Waals surface area contributed by atoms with Gasteiger partial charge in [-0.05, 0) is 55.3 Å². The van der Waals surface area contributed by atoms with Crippen molar-refractivity contribution < 1.29 is 4.39 Å². The highest BCUT2D eigenvalue weighted by Crippen LogP contribution is 2.28. The standard InChI is InChI=1S/C15H14Cl2FN/c1-9-5-12(18)8-13(6-9)19-10(2)14-4-3-11(16)7-15(14)17/h3-8,10,19H,1-2H3. The van der Waals surface area contributed by atoms with Gasteiger partial charge in [-0.15, -0.1) is 0 Å². The largest absolute Gasteiger partial charge is 0.378 e. The van der Waals surface area contributed by atoms with Crippen LogP contribution in [0.3, 0.4) is 0 Å². The zero-order chi connectivity index (χ0) is 14.0. The summed E-state index contributed by atoms with van der Waals surface area (Å²) in [5.41, 5.74) is 2.53. The van der Waals surface area contributed by atoms with E-state index in [1.165, 1.54) is 12.1 Å². The summed E-state index contributed by atoms with van der Waals surface area (Å²) in [5, 5.41) is 4.43. The van der Waals surface area contributed by atoms with Gasteiger partial charge in [-0.2, -0.15) is 0 Å². The molecule has 1 unspecified atom stereocenters. The van der Waals surface area contributed by atoms with Crippen LogP contribution in [-0.2, 0) is 0 Å². The van der Waals surface area contributed by atoms with Crippen molar-refractivity contribution in [3.05, 3.63) is 63.4 Å². The van der Waals surface area contributed by atoms with E-state index in [2.05, 4.69) is 5.32 Å². The quantitative estimate of drug-likeness (QED) is 0.776. The number of nitrogens with one attached hydrogen (secondary N) is 1. The third-order valence-corrected chi connectivity index (χ3v) is 3.42. The Morgan fingerprint density at radius 2 is 1.84 bits per heavy atom. The minimum Gasteiger partial charge on any atom is -0.378 e. The lowest BCUT2D eigenvalue weighted by atomic mass is 10.1. The summed E-state index contributed by atoms with van der Waals surface area (Å²) in [6.45, 7) is 3.82. The van der Waals surface area contributed by atoms with Crippen LogP contribution in [0.15, 0.2) is 36.4 Å². The van der Waals surface area contributed by atoms with E-state index < -0.39 is 0 Å². The van der Waals surface area contributed by atoms with Gasteiger partial charge in [0.15, 0.2) is 0 Å². The highest BCUT2D eigenvalue weighted by atomic mass is 35.5. The van der Waals surface area contributed by atoms with Crippen LogP contribution in [0.25, 0.3) is 0 Å². The van der Waals surface area contributed by atoms with Gasteiger partial charge in [0.2, 0.25) is 0 Å². The first kappa shape index (κ1) is 14.2. The van der Waals surface area contributed by atoms with Gasteiger partial charge in [-0.3, -0.25) is 0 Å². The molecule has 0 amide bonds. The number of benzene rings is 2. The van der Waals surface area contributed by atoms with E-state index in [0.29, 0.717) is 10.0 Å². The molecule has 1 nitrogen and oxygen atoms in total. The van der Waals surface area contributed by atoms with Crippen molar-refractivity contribution >= 4 is 28.9 Å². The van der Waals surface area contributed by atoms with Gasteiger partial charge in [-0.25, -0.2) is 4.39 Å². The summed E-state index contributed by atoms with van der Waals surface area (Å²) in [4.78, 5) is 0. The monoisotopic (exact) mass is 297 g/mol. The molecule has 2 rings (SSSR count). The number of anilines is 1. The van der Waals surface area contributed by atoms with Gasteiger partial charge < -0.3 is 5.32 Å². The summed E-state index contributed by atoms with van der Waals surface area (Å²) in [7, 11) is 0. The summed E-state index contributed by atoms with van der Waals surface area (Å²) >= 11 is 12.0. The minimum atomic E-state index is -0.253. The molecule has 4 heteroatoms. The van der Waals surface area contributed by atoms with Gasteiger partial charge in [-0.1, -0.05) is 29.3 Å². The molecule has 0 aliphatic rings. The van der Waals surface area contributed by atoms with Crippen LogP contribution in [0.5, 0.6) is 0 Å². The molecule has 19 heavy (non-hydrogen) atoms. The van der Waals surface area contributed by atoms with Crippen LogP contribution in [-0.4, -0.2) is 0 Å². The van der Waals surface area contributed by atoms with Crippen LogP contribution in [0, 0.1) is 12.7 Å². The first-order valence-electron chi connectivity index (χ1n) is 5.94. The van der Waals surface area contributed by atoms with Crippen molar-refractivity contribution in [2.75, 3.05) is 5.32 Å². The predicted molar refractivity (Wildman–Crippen MR) is 79.6 cm³/mol. The smallest absolute Gasteiger partial charge is 0.125 e. The molecule has 0 saturated carbocycles. The molecular formula is C15H14Cl2FN. The molecule has 100 valence electrons. The predicted octanol–water partition coefficient (Wildman–Crippen LogP) is 5.61. The van der Waals surface area contributed by atoms with Crippen molar-refractivity contribution in [2.45, 2.75) is 19.9 Å². The maximum atomic E-state index is 13.3. The van der Waals surface area contributed by atoms with Crippen LogP contribution in [0.2, 0.25) is 10.0 Å². The van der Waals surface area contributed by atoms with E-state index in [4.69, 9.17) is 23.2 Å². The Morgan fingerprint density at radius 1 is 1.11 bits per heavy atom. The third-order valence-electron chi connectivity index (χ3n) is 2.85. The number of rotatable bonds is 3. The first-order valence-corrected chi connectivity index (χ1v) is 6.70. The molecule has 0 spiro atoms. The molecule has 0 fully saturated rings. The Bertz CT molecular complexity index is 578. The van der Waals surface area contributed by atoms with E-state index in [9.17, 15) is 4.39 Å². The molecule has 0 radical (unpaired) electrons. The topological polar surface area (TPSA) is 12.0 Å². The second-order valence-electron chi connectivity index (χ2n) is 4.55. The van der Waals surface area contributed by atoms with E-state index in [1.54, 1.807) is 12.1 Å². The van der Waals surface area contributed by atoms with Crippen molar-refractivity contribution in [2.24, 2.45) is 0 Å². The lowest BCUT2D eigenvalue weighted by molar-refractivity contribution is 0.626. The molecule has 0 saturated heterocycles. The van der Waals surface area contributed by atoms with E-state index in [-0.39, 0.29) is 11.9 Å². The maximum Gasteiger partial charge on any atom is 0.125 e. The van der Waals surface area contributed by atoms with Gasteiger partial charge in [0.05, 0.1) is 0 Å². The van der Waals surface area contributed by atoms with Gasteiger partial charge in [0.1, 0.15) is 5.82 Å². The fourth-order valence-electron chi connectivity index (χ4n) is 2.00. The van der Waals surface area contributed by atoms with Crippen molar-refractivity contribution in [1.29, 1.82) is 0 Å². The van der Waals surface area contributed by atoms with Crippen LogP contribution < -0.4 is 5.32 Å². The molecule has 0 heterocycles. The highest BCUT2D eigenvalue weighted by Gasteiger charge is 2.10. The molecule has 1 atom stereocenters. The zero-order valence-corrected chi connectivity index (χ0v) is 12.2. The van der Waals surface area contributed by atoms with Gasteiger partial charge >= 0.3 is 0 Å². The lowest BCUT2D eigenvalue weighted by Gasteiger charge is -2.17.